The first-order valence-electron chi connectivity index (χ1n) is 5.88. The number of benzene rings is 1. The molecule has 0 atom stereocenters. The molecule has 0 aliphatic carbocycles. The quantitative estimate of drug-likeness (QED) is 0.787. The second kappa shape index (κ2) is 4.90. The van der Waals surface area contributed by atoms with E-state index in [0.29, 0.717) is 23.1 Å². The van der Waals surface area contributed by atoms with Crippen molar-refractivity contribution in [3.63, 3.8) is 0 Å². The molecule has 0 radical (unpaired) electrons. The van der Waals surface area contributed by atoms with E-state index in [1.165, 1.54) is 0 Å². The molecule has 0 unspecified atom stereocenters. The monoisotopic (exact) mass is 266 g/mol. The minimum atomic E-state index is 0.345. The standard InChI is InChI=1S/C14H10N4O2/c1-19-11-5-2-9(3-6-11)13-17-14(20-18-13)12-7-4-10(8-15)16-12/h2-7,16H,1H3. The Balaban J connectivity index is 1.91. The second-order valence-corrected chi connectivity index (χ2v) is 4.05. The maximum absolute atomic E-state index is 8.77. The number of nitriles is 1. The minimum absolute atomic E-state index is 0.345. The first-order valence-corrected chi connectivity index (χ1v) is 5.88. The summed E-state index contributed by atoms with van der Waals surface area (Å²) in [5.41, 5.74) is 1.89. The first kappa shape index (κ1) is 12.0. The molecule has 1 aromatic carbocycles. The number of aromatic amines is 1. The minimum Gasteiger partial charge on any atom is -0.497 e. The van der Waals surface area contributed by atoms with Crippen LogP contribution in [0.4, 0.5) is 0 Å². The molecule has 0 saturated carbocycles. The topological polar surface area (TPSA) is 87.7 Å². The lowest BCUT2D eigenvalue weighted by atomic mass is 10.2. The Bertz CT molecular complexity index is 765. The summed E-state index contributed by atoms with van der Waals surface area (Å²) < 4.78 is 10.3. The third-order valence-corrected chi connectivity index (χ3v) is 2.81. The Morgan fingerprint density at radius 3 is 2.65 bits per heavy atom. The number of nitrogens with one attached hydrogen (secondary N) is 1. The summed E-state index contributed by atoms with van der Waals surface area (Å²) in [6.07, 6.45) is 0. The van der Waals surface area contributed by atoms with Crippen LogP contribution in [0.25, 0.3) is 23.0 Å². The van der Waals surface area contributed by atoms with E-state index in [1.54, 1.807) is 19.2 Å². The van der Waals surface area contributed by atoms with Crippen LogP contribution in [-0.4, -0.2) is 22.2 Å². The fourth-order valence-electron chi connectivity index (χ4n) is 1.78. The van der Waals surface area contributed by atoms with E-state index in [4.69, 9.17) is 14.5 Å². The summed E-state index contributed by atoms with van der Waals surface area (Å²) in [6.45, 7) is 0. The van der Waals surface area contributed by atoms with Crippen LogP contribution < -0.4 is 4.74 Å². The Morgan fingerprint density at radius 1 is 1.20 bits per heavy atom. The Kier molecular flexibility index (Phi) is 2.94. The van der Waals surface area contributed by atoms with Crippen LogP contribution in [0, 0.1) is 11.3 Å². The smallest absolute Gasteiger partial charge is 0.274 e. The predicted molar refractivity (Wildman–Crippen MR) is 70.8 cm³/mol. The van der Waals surface area contributed by atoms with Crippen LogP contribution in [0.3, 0.4) is 0 Å². The number of methoxy groups -OCH3 is 1. The molecule has 20 heavy (non-hydrogen) atoms. The molecule has 0 aliphatic rings. The van der Waals surface area contributed by atoms with Crippen LogP contribution >= 0.6 is 0 Å². The van der Waals surface area contributed by atoms with Crippen molar-refractivity contribution in [2.24, 2.45) is 0 Å². The molecule has 3 aromatic rings. The highest BCUT2D eigenvalue weighted by molar-refractivity contribution is 5.59. The van der Waals surface area contributed by atoms with Gasteiger partial charge in [-0.25, -0.2) is 0 Å². The molecule has 1 N–H and O–H groups in total. The lowest BCUT2D eigenvalue weighted by molar-refractivity contribution is 0.414. The molecular formula is C14H10N4O2. The lowest BCUT2D eigenvalue weighted by Gasteiger charge is -1.98. The summed E-state index contributed by atoms with van der Waals surface area (Å²) in [6, 6.07) is 12.7. The van der Waals surface area contributed by atoms with E-state index in [2.05, 4.69) is 15.1 Å². The number of hydrogen-bond donors (Lipinski definition) is 1. The summed E-state index contributed by atoms with van der Waals surface area (Å²) in [5.74, 6) is 1.59. The van der Waals surface area contributed by atoms with Crippen LogP contribution in [0.15, 0.2) is 40.9 Å². The van der Waals surface area contributed by atoms with E-state index >= 15 is 0 Å². The number of rotatable bonds is 3. The highest BCUT2D eigenvalue weighted by Gasteiger charge is 2.12. The molecule has 0 fully saturated rings. The van der Waals surface area contributed by atoms with Crippen LogP contribution in [0.5, 0.6) is 5.75 Å². The van der Waals surface area contributed by atoms with Crippen molar-refractivity contribution in [2.45, 2.75) is 0 Å². The van der Waals surface area contributed by atoms with Crippen molar-refractivity contribution in [3.05, 3.63) is 42.1 Å². The normalized spacial score (nSPS) is 10.2. The van der Waals surface area contributed by atoms with Crippen LogP contribution in [0.1, 0.15) is 5.69 Å². The zero-order valence-corrected chi connectivity index (χ0v) is 10.6. The zero-order valence-electron chi connectivity index (χ0n) is 10.6. The Labute approximate surface area is 114 Å². The summed E-state index contributed by atoms with van der Waals surface area (Å²) >= 11 is 0. The van der Waals surface area contributed by atoms with Gasteiger partial charge in [-0.1, -0.05) is 5.16 Å². The van der Waals surface area contributed by atoms with Crippen molar-refractivity contribution >= 4 is 0 Å². The van der Waals surface area contributed by atoms with Gasteiger partial charge in [-0.2, -0.15) is 10.2 Å². The molecule has 3 rings (SSSR count). The van der Waals surface area contributed by atoms with E-state index in [9.17, 15) is 0 Å². The van der Waals surface area contributed by atoms with E-state index in [-0.39, 0.29) is 0 Å². The number of H-pyrrole nitrogens is 1. The third-order valence-electron chi connectivity index (χ3n) is 2.81. The fraction of sp³-hybridized carbons (Fsp3) is 0.0714. The Morgan fingerprint density at radius 2 is 2.00 bits per heavy atom. The SMILES string of the molecule is COc1ccc(-c2noc(-c3ccc(C#N)[nH]3)n2)cc1. The van der Waals surface area contributed by atoms with Gasteiger partial charge in [0, 0.05) is 5.56 Å². The highest BCUT2D eigenvalue weighted by atomic mass is 16.5. The van der Waals surface area contributed by atoms with E-state index < -0.39 is 0 Å². The van der Waals surface area contributed by atoms with Gasteiger partial charge >= 0.3 is 0 Å². The van der Waals surface area contributed by atoms with Gasteiger partial charge in [0.2, 0.25) is 5.82 Å². The largest absolute Gasteiger partial charge is 0.497 e. The molecule has 0 bridgehead atoms. The molecule has 98 valence electrons. The van der Waals surface area contributed by atoms with Gasteiger partial charge in [0.25, 0.3) is 5.89 Å². The first-order chi connectivity index (χ1) is 9.80. The van der Waals surface area contributed by atoms with Crippen molar-refractivity contribution in [3.8, 4) is 34.8 Å². The average molecular weight is 266 g/mol. The molecule has 0 aliphatic heterocycles. The molecule has 0 spiro atoms. The highest BCUT2D eigenvalue weighted by Crippen LogP contribution is 2.23. The van der Waals surface area contributed by atoms with Crippen LogP contribution in [0.2, 0.25) is 0 Å². The van der Waals surface area contributed by atoms with Gasteiger partial charge in [0.15, 0.2) is 0 Å². The molecule has 6 nitrogen and oxygen atoms in total. The van der Waals surface area contributed by atoms with Crippen molar-refractivity contribution < 1.29 is 9.26 Å². The number of aromatic nitrogens is 3. The predicted octanol–water partition coefficient (Wildman–Crippen LogP) is 2.61. The molecule has 2 aromatic heterocycles. The fourth-order valence-corrected chi connectivity index (χ4v) is 1.78. The average Bonchev–Trinajstić information content (AvgIpc) is 3.16. The second-order valence-electron chi connectivity index (χ2n) is 4.05. The Hall–Kier alpha value is -3.07. The van der Waals surface area contributed by atoms with Crippen LogP contribution in [-0.2, 0) is 0 Å². The maximum atomic E-state index is 8.77. The lowest BCUT2D eigenvalue weighted by Crippen LogP contribution is -1.84. The number of ether oxygens (including phenoxy) is 1. The number of hydrogen-bond acceptors (Lipinski definition) is 5. The van der Waals surface area contributed by atoms with Crippen molar-refractivity contribution in [2.75, 3.05) is 7.11 Å². The van der Waals surface area contributed by atoms with Crippen molar-refractivity contribution in [1.82, 2.24) is 15.1 Å². The summed E-state index contributed by atoms with van der Waals surface area (Å²) in [5, 5.41) is 12.7. The molecule has 0 amide bonds. The van der Waals surface area contributed by atoms with Gasteiger partial charge in [0.1, 0.15) is 23.2 Å². The third kappa shape index (κ3) is 2.12. The molecule has 6 heteroatoms. The van der Waals surface area contributed by atoms with Gasteiger partial charge < -0.3 is 14.2 Å². The van der Waals surface area contributed by atoms with Gasteiger partial charge in [-0.05, 0) is 36.4 Å². The van der Waals surface area contributed by atoms with E-state index in [0.717, 1.165) is 11.3 Å². The summed E-state index contributed by atoms with van der Waals surface area (Å²) in [4.78, 5) is 7.18. The van der Waals surface area contributed by atoms with E-state index in [1.807, 2.05) is 30.3 Å². The van der Waals surface area contributed by atoms with Gasteiger partial charge in [-0.3, -0.25) is 0 Å². The maximum Gasteiger partial charge on any atom is 0.274 e. The molecule has 2 heterocycles. The summed E-state index contributed by atoms with van der Waals surface area (Å²) in [7, 11) is 1.61. The number of nitrogens with zero attached hydrogens (tertiary/aromatic N) is 3. The zero-order chi connectivity index (χ0) is 13.9. The van der Waals surface area contributed by atoms with Gasteiger partial charge in [-0.15, -0.1) is 0 Å². The molecular weight excluding hydrogens is 256 g/mol. The van der Waals surface area contributed by atoms with Crippen molar-refractivity contribution in [1.29, 1.82) is 5.26 Å². The van der Waals surface area contributed by atoms with Gasteiger partial charge in [0.05, 0.1) is 7.11 Å². The molecule has 0 saturated heterocycles.